The van der Waals surface area contributed by atoms with Gasteiger partial charge in [0.15, 0.2) is 5.75 Å². The summed E-state index contributed by atoms with van der Waals surface area (Å²) in [6, 6.07) is 8.21. The van der Waals surface area contributed by atoms with Crippen molar-refractivity contribution in [3.63, 3.8) is 0 Å². The number of hydrogen-bond donors (Lipinski definition) is 1. The third-order valence-electron chi connectivity index (χ3n) is 5.33. The number of rotatable bonds is 20. The summed E-state index contributed by atoms with van der Waals surface area (Å²) in [5, 5.41) is 2.64. The van der Waals surface area contributed by atoms with Crippen LogP contribution in [-0.4, -0.2) is 18.6 Å². The van der Waals surface area contributed by atoms with E-state index in [1.165, 1.54) is 77.0 Å². The van der Waals surface area contributed by atoms with Crippen LogP contribution in [0.25, 0.3) is 0 Å². The monoisotopic (exact) mass is 452 g/mol. The fourth-order valence-electron chi connectivity index (χ4n) is 3.41. The second-order valence-electron chi connectivity index (χ2n) is 8.28. The van der Waals surface area contributed by atoms with Gasteiger partial charge in [0.05, 0.1) is 6.61 Å². The van der Waals surface area contributed by atoms with E-state index in [-0.39, 0.29) is 0 Å². The molecule has 0 saturated heterocycles. The molecule has 0 aliphatic carbocycles. The van der Waals surface area contributed by atoms with Crippen molar-refractivity contribution in [2.24, 2.45) is 0 Å². The van der Waals surface area contributed by atoms with E-state index in [1.807, 2.05) is 6.07 Å². The maximum absolute atomic E-state index is 12.0. The van der Waals surface area contributed by atoms with Gasteiger partial charge in [0.2, 0.25) is 0 Å². The maximum atomic E-state index is 12.0. The second-order valence-corrected chi connectivity index (χ2v) is 9.23. The number of ether oxygens (including phenoxy) is 1. The minimum atomic E-state index is -2.17. The molecule has 31 heavy (non-hydrogen) atoms. The summed E-state index contributed by atoms with van der Waals surface area (Å²) in [5.41, 5.74) is 0. The number of esters is 1. The van der Waals surface area contributed by atoms with Crippen LogP contribution in [0.15, 0.2) is 30.3 Å². The number of unbranched alkanes of at least 4 members (excludes halogenated alkanes) is 13. The normalized spacial score (nSPS) is 12.4. The van der Waals surface area contributed by atoms with Gasteiger partial charge in [0.25, 0.3) is 0 Å². The Hall–Kier alpha value is -1.45. The summed E-state index contributed by atoms with van der Waals surface area (Å²) in [6.07, 6.45) is 18.2. The second kappa shape index (κ2) is 19.3. The molecule has 5 nitrogen and oxygen atoms in total. The first-order valence-electron chi connectivity index (χ1n) is 12.3. The first-order chi connectivity index (χ1) is 15.1. The third kappa shape index (κ3) is 15.9. The van der Waals surface area contributed by atoms with Crippen molar-refractivity contribution in [2.75, 3.05) is 6.61 Å². The Morgan fingerprint density at radius 2 is 1.32 bits per heavy atom. The van der Waals surface area contributed by atoms with Gasteiger partial charge < -0.3 is 4.74 Å². The summed E-state index contributed by atoms with van der Waals surface area (Å²) in [4.78, 5) is 12.0. The molecule has 0 aliphatic rings. The average molecular weight is 453 g/mol. The van der Waals surface area contributed by atoms with Crippen LogP contribution in [0.3, 0.4) is 0 Å². The van der Waals surface area contributed by atoms with Gasteiger partial charge in [-0.2, -0.15) is 0 Å². The van der Waals surface area contributed by atoms with Crippen molar-refractivity contribution < 1.29 is 18.6 Å². The van der Waals surface area contributed by atoms with E-state index in [4.69, 9.17) is 9.26 Å². The van der Waals surface area contributed by atoms with Crippen LogP contribution in [0.2, 0.25) is 0 Å². The average Bonchev–Trinajstić information content (AvgIpc) is 2.76. The summed E-state index contributed by atoms with van der Waals surface area (Å²) in [5.74, 6) is 0.105. The fourth-order valence-corrected chi connectivity index (χ4v) is 4.20. The Morgan fingerprint density at radius 1 is 0.839 bits per heavy atom. The number of nitrogens with one attached hydrogen (secondary N) is 1. The predicted molar refractivity (Wildman–Crippen MR) is 129 cm³/mol. The van der Waals surface area contributed by atoms with E-state index in [0.29, 0.717) is 12.4 Å². The number of carbonyl (C=O) groups excluding carboxylic acids is 1. The molecule has 1 rings (SSSR count). The molecule has 0 aromatic heterocycles. The molecular formula is C25H43NO4P+. The lowest BCUT2D eigenvalue weighted by atomic mass is 10.0. The van der Waals surface area contributed by atoms with Crippen molar-refractivity contribution in [1.82, 2.24) is 5.09 Å². The summed E-state index contributed by atoms with van der Waals surface area (Å²) in [6.45, 7) is 4.31. The molecule has 1 aromatic carbocycles. The molecule has 0 fully saturated rings. The SMILES string of the molecule is CCCCCCCCCCCCCCCCOC(=O)[C@H](C)N[P+](=O)Oc1ccccc1. The van der Waals surface area contributed by atoms with E-state index in [2.05, 4.69) is 12.0 Å². The van der Waals surface area contributed by atoms with Crippen LogP contribution in [0.5, 0.6) is 5.75 Å². The van der Waals surface area contributed by atoms with Gasteiger partial charge >= 0.3 is 14.1 Å². The van der Waals surface area contributed by atoms with E-state index in [1.54, 1.807) is 31.2 Å². The molecule has 0 saturated carbocycles. The van der Waals surface area contributed by atoms with E-state index in [0.717, 1.165) is 12.8 Å². The quantitative estimate of drug-likeness (QED) is 0.125. The number of carbonyl (C=O) groups is 1. The molecule has 176 valence electrons. The van der Waals surface area contributed by atoms with E-state index in [9.17, 15) is 9.36 Å². The van der Waals surface area contributed by atoms with E-state index < -0.39 is 20.2 Å². The Balaban J connectivity index is 1.90. The van der Waals surface area contributed by atoms with Crippen LogP contribution in [0.1, 0.15) is 104 Å². The van der Waals surface area contributed by atoms with Crippen LogP contribution >= 0.6 is 8.18 Å². The van der Waals surface area contributed by atoms with Gasteiger partial charge in [-0.25, -0.2) is 4.52 Å². The Kier molecular flexibility index (Phi) is 17.1. The Labute approximate surface area is 190 Å². The highest BCUT2D eigenvalue weighted by Gasteiger charge is 2.28. The third-order valence-corrected chi connectivity index (χ3v) is 6.30. The molecule has 1 N–H and O–H groups in total. The van der Waals surface area contributed by atoms with Crippen molar-refractivity contribution in [1.29, 1.82) is 0 Å². The molecule has 0 bridgehead atoms. The van der Waals surface area contributed by atoms with Crippen LogP contribution in [-0.2, 0) is 14.1 Å². The zero-order valence-corrected chi connectivity index (χ0v) is 20.5. The first-order valence-corrected chi connectivity index (χ1v) is 13.4. The predicted octanol–water partition coefficient (Wildman–Crippen LogP) is 7.73. The molecular weight excluding hydrogens is 409 g/mol. The summed E-state index contributed by atoms with van der Waals surface area (Å²) in [7, 11) is -2.17. The zero-order chi connectivity index (χ0) is 22.6. The van der Waals surface area contributed by atoms with Gasteiger partial charge in [-0.15, -0.1) is 0 Å². The topological polar surface area (TPSA) is 64.6 Å². The lowest BCUT2D eigenvalue weighted by Gasteiger charge is -2.08. The molecule has 0 heterocycles. The highest BCUT2D eigenvalue weighted by atomic mass is 31.1. The summed E-state index contributed by atoms with van der Waals surface area (Å²) >= 11 is 0. The fraction of sp³-hybridized carbons (Fsp3) is 0.720. The number of benzene rings is 1. The van der Waals surface area contributed by atoms with Crippen molar-refractivity contribution in [3.8, 4) is 5.75 Å². The van der Waals surface area contributed by atoms with Crippen molar-refractivity contribution in [3.05, 3.63) is 30.3 Å². The lowest BCUT2D eigenvalue weighted by molar-refractivity contribution is -0.145. The molecule has 2 atom stereocenters. The minimum Gasteiger partial charge on any atom is -0.464 e. The minimum absolute atomic E-state index is 0.394. The molecule has 0 aliphatic heterocycles. The van der Waals surface area contributed by atoms with Crippen LogP contribution in [0, 0.1) is 0 Å². The van der Waals surface area contributed by atoms with Crippen LogP contribution < -0.4 is 9.61 Å². The smallest absolute Gasteiger partial charge is 0.464 e. The van der Waals surface area contributed by atoms with Gasteiger partial charge in [-0.3, -0.25) is 4.79 Å². The highest BCUT2D eigenvalue weighted by molar-refractivity contribution is 7.37. The maximum Gasteiger partial charge on any atom is 0.664 e. The molecule has 0 spiro atoms. The van der Waals surface area contributed by atoms with Gasteiger partial charge in [-0.1, -0.05) is 114 Å². The van der Waals surface area contributed by atoms with Gasteiger partial charge in [0.1, 0.15) is 6.04 Å². The number of hydrogen-bond acceptors (Lipinski definition) is 4. The molecule has 1 aromatic rings. The van der Waals surface area contributed by atoms with Crippen molar-refractivity contribution >= 4 is 14.1 Å². The van der Waals surface area contributed by atoms with Crippen LogP contribution in [0.4, 0.5) is 0 Å². The lowest BCUT2D eigenvalue weighted by Crippen LogP contribution is -2.31. The molecule has 1 unspecified atom stereocenters. The van der Waals surface area contributed by atoms with Gasteiger partial charge in [0, 0.05) is 4.57 Å². The largest absolute Gasteiger partial charge is 0.664 e. The highest BCUT2D eigenvalue weighted by Crippen LogP contribution is 2.23. The summed E-state index contributed by atoms with van der Waals surface area (Å²) < 4.78 is 22.5. The Morgan fingerprint density at radius 3 is 1.84 bits per heavy atom. The standard InChI is InChI=1S/C25H43NO4P/c1-3-4-5-6-7-8-9-10-11-12-13-14-15-19-22-29-25(27)23(2)26-31(28)30-24-20-17-16-18-21-24/h16-18,20-21,23H,3-15,19,22H2,1-2H3,(H,26,28)/q+1/t23-/m0/s1. The molecule has 6 heteroatoms. The molecule has 0 radical (unpaired) electrons. The first kappa shape index (κ1) is 27.6. The van der Waals surface area contributed by atoms with Crippen molar-refractivity contribution in [2.45, 2.75) is 110 Å². The zero-order valence-electron chi connectivity index (χ0n) is 19.7. The van der Waals surface area contributed by atoms with E-state index >= 15 is 0 Å². The number of para-hydroxylation sites is 1. The Bertz CT molecular complexity index is 582. The van der Waals surface area contributed by atoms with Gasteiger partial charge in [-0.05, 0) is 25.5 Å². The molecule has 0 amide bonds.